The van der Waals surface area contributed by atoms with E-state index in [0.29, 0.717) is 25.1 Å². The highest BCUT2D eigenvalue weighted by Crippen LogP contribution is 2.36. The predicted octanol–water partition coefficient (Wildman–Crippen LogP) is 3.59. The maximum Gasteiger partial charge on any atom is 0.251 e. The third kappa shape index (κ3) is 4.79. The van der Waals surface area contributed by atoms with Crippen LogP contribution in [0.3, 0.4) is 0 Å². The number of nitrogens with one attached hydrogen (secondary N) is 1. The third-order valence-electron chi connectivity index (χ3n) is 5.46. The number of benzene rings is 2. The van der Waals surface area contributed by atoms with Crippen LogP contribution in [0.15, 0.2) is 52.3 Å². The number of hydrogen-bond acceptors (Lipinski definition) is 5. The molecule has 1 saturated heterocycles. The zero-order valence-electron chi connectivity index (χ0n) is 17.4. The fraction of sp³-hybridized carbons (Fsp3) is 0.409. The van der Waals surface area contributed by atoms with Crippen LogP contribution in [0.1, 0.15) is 42.2 Å². The van der Waals surface area contributed by atoms with Gasteiger partial charge in [-0.15, -0.1) is 11.8 Å². The van der Waals surface area contributed by atoms with Crippen molar-refractivity contribution in [3.8, 4) is 0 Å². The summed E-state index contributed by atoms with van der Waals surface area (Å²) in [6.07, 6.45) is 0.349. The van der Waals surface area contributed by atoms with E-state index in [2.05, 4.69) is 5.32 Å². The Morgan fingerprint density at radius 3 is 2.48 bits per heavy atom. The number of amides is 1. The lowest BCUT2D eigenvalue weighted by Crippen LogP contribution is -2.48. The summed E-state index contributed by atoms with van der Waals surface area (Å²) in [6, 6.07) is 10.3. The molecular formula is C22H25FN2O4S2. The number of hydrogen-bond donors (Lipinski definition) is 1. The van der Waals surface area contributed by atoms with Gasteiger partial charge in [0, 0.05) is 29.3 Å². The van der Waals surface area contributed by atoms with Crippen LogP contribution in [0.2, 0.25) is 0 Å². The summed E-state index contributed by atoms with van der Waals surface area (Å²) >= 11 is 1.64. The van der Waals surface area contributed by atoms with Crippen molar-refractivity contribution in [2.45, 2.75) is 48.3 Å². The molecule has 0 bridgehead atoms. The zero-order chi connectivity index (χ0) is 22.2. The molecule has 166 valence electrons. The van der Waals surface area contributed by atoms with Gasteiger partial charge in [0.2, 0.25) is 10.0 Å². The summed E-state index contributed by atoms with van der Waals surface area (Å²) in [5.41, 5.74) is 1.14. The summed E-state index contributed by atoms with van der Waals surface area (Å²) in [4.78, 5) is 13.9. The fourth-order valence-corrected chi connectivity index (χ4v) is 6.71. The first kappa shape index (κ1) is 22.3. The van der Waals surface area contributed by atoms with Gasteiger partial charge in [0.15, 0.2) is 0 Å². The first-order valence-corrected chi connectivity index (χ1v) is 12.7. The molecule has 3 atom stereocenters. The van der Waals surface area contributed by atoms with Gasteiger partial charge in [0.05, 0.1) is 23.1 Å². The molecule has 9 heteroatoms. The van der Waals surface area contributed by atoms with Crippen molar-refractivity contribution in [1.82, 2.24) is 9.62 Å². The van der Waals surface area contributed by atoms with Crippen LogP contribution in [0.5, 0.6) is 0 Å². The second kappa shape index (κ2) is 8.90. The quantitative estimate of drug-likeness (QED) is 0.749. The molecule has 2 aromatic rings. The summed E-state index contributed by atoms with van der Waals surface area (Å²) in [6.45, 7) is 4.29. The number of rotatable bonds is 4. The van der Waals surface area contributed by atoms with E-state index in [1.807, 2.05) is 13.8 Å². The second-order valence-electron chi connectivity index (χ2n) is 7.95. The van der Waals surface area contributed by atoms with E-state index >= 15 is 0 Å². The molecule has 2 aliphatic rings. The average Bonchev–Trinajstić information content (AvgIpc) is 2.73. The molecule has 6 nitrogen and oxygen atoms in total. The minimum absolute atomic E-state index is 0.145. The molecule has 1 fully saturated rings. The van der Waals surface area contributed by atoms with E-state index in [1.165, 1.54) is 40.7 Å². The molecule has 2 heterocycles. The fourth-order valence-electron chi connectivity index (χ4n) is 4.01. The first-order chi connectivity index (χ1) is 14.7. The zero-order valence-corrected chi connectivity index (χ0v) is 19.0. The highest BCUT2D eigenvalue weighted by Gasteiger charge is 2.32. The van der Waals surface area contributed by atoms with Gasteiger partial charge in [-0.1, -0.05) is 0 Å². The Labute approximate surface area is 186 Å². The largest absolute Gasteiger partial charge is 0.373 e. The van der Waals surface area contributed by atoms with E-state index in [9.17, 15) is 17.6 Å². The van der Waals surface area contributed by atoms with Gasteiger partial charge in [0.1, 0.15) is 5.82 Å². The van der Waals surface area contributed by atoms with Crippen LogP contribution in [-0.2, 0) is 14.8 Å². The Balaban J connectivity index is 1.49. The highest BCUT2D eigenvalue weighted by atomic mass is 32.2. The summed E-state index contributed by atoms with van der Waals surface area (Å²) in [5, 5.41) is 2.96. The lowest BCUT2D eigenvalue weighted by molar-refractivity contribution is -0.0440. The van der Waals surface area contributed by atoms with Crippen molar-refractivity contribution in [2.24, 2.45) is 0 Å². The van der Waals surface area contributed by atoms with Gasteiger partial charge in [-0.3, -0.25) is 4.79 Å². The summed E-state index contributed by atoms with van der Waals surface area (Å²) in [5.74, 6) is 0.184. The molecule has 0 saturated carbocycles. The van der Waals surface area contributed by atoms with Gasteiger partial charge in [-0.2, -0.15) is 4.31 Å². The Bertz CT molecular complexity index is 1070. The molecule has 0 aromatic heterocycles. The predicted molar refractivity (Wildman–Crippen MR) is 117 cm³/mol. The van der Waals surface area contributed by atoms with Crippen molar-refractivity contribution >= 4 is 27.7 Å². The van der Waals surface area contributed by atoms with Crippen molar-refractivity contribution in [3.05, 3.63) is 59.4 Å². The second-order valence-corrected chi connectivity index (χ2v) is 11.0. The normalized spacial score (nSPS) is 24.4. The van der Waals surface area contributed by atoms with E-state index < -0.39 is 10.0 Å². The maximum absolute atomic E-state index is 13.7. The number of sulfonamides is 1. The Kier molecular flexibility index (Phi) is 6.39. The van der Waals surface area contributed by atoms with Crippen LogP contribution in [0.4, 0.5) is 4.39 Å². The monoisotopic (exact) mass is 464 g/mol. The van der Waals surface area contributed by atoms with Crippen LogP contribution in [0.25, 0.3) is 0 Å². The van der Waals surface area contributed by atoms with Crippen LogP contribution >= 0.6 is 11.8 Å². The molecule has 0 radical (unpaired) electrons. The number of fused-ring (bicyclic) bond motifs is 1. The molecule has 1 N–H and O–H groups in total. The number of carbonyl (C=O) groups excluding carboxylic acids is 1. The molecule has 2 aliphatic heterocycles. The maximum atomic E-state index is 13.7. The minimum atomic E-state index is -3.67. The minimum Gasteiger partial charge on any atom is -0.373 e. The molecule has 1 amide bonds. The molecule has 2 aromatic carbocycles. The number of halogens is 1. The van der Waals surface area contributed by atoms with E-state index in [0.717, 1.165) is 16.2 Å². The van der Waals surface area contributed by atoms with Crippen LogP contribution in [-0.4, -0.2) is 49.7 Å². The topological polar surface area (TPSA) is 75.7 Å². The number of thioether (sulfide) groups is 1. The molecule has 4 rings (SSSR count). The van der Waals surface area contributed by atoms with Gasteiger partial charge in [0.25, 0.3) is 5.91 Å². The number of carbonyl (C=O) groups is 1. The summed E-state index contributed by atoms with van der Waals surface area (Å²) in [7, 11) is -3.67. The standard InChI is InChI=1S/C22H25FN2O4S2/c1-14-12-25(13-15(2)29-14)31(27,28)18-6-3-16(4-7-18)22(26)24-20-9-10-30-21-8-5-17(23)11-19(20)21/h3-8,11,14-15,20H,9-10,12-13H2,1-2H3,(H,24,26). The van der Waals surface area contributed by atoms with Crippen molar-refractivity contribution in [1.29, 1.82) is 0 Å². The Morgan fingerprint density at radius 2 is 1.81 bits per heavy atom. The molecular weight excluding hydrogens is 439 g/mol. The number of morpholine rings is 1. The first-order valence-electron chi connectivity index (χ1n) is 10.2. The number of ether oxygens (including phenoxy) is 1. The van der Waals surface area contributed by atoms with Crippen molar-refractivity contribution in [3.63, 3.8) is 0 Å². The lowest BCUT2D eigenvalue weighted by atomic mass is 10.0. The van der Waals surface area contributed by atoms with Crippen LogP contribution in [0, 0.1) is 5.82 Å². The third-order valence-corrected chi connectivity index (χ3v) is 8.43. The van der Waals surface area contributed by atoms with Gasteiger partial charge in [-0.25, -0.2) is 12.8 Å². The van der Waals surface area contributed by atoms with Crippen LogP contribution < -0.4 is 5.32 Å². The van der Waals surface area contributed by atoms with Gasteiger partial charge in [-0.05, 0) is 68.3 Å². The Morgan fingerprint density at radius 1 is 1.13 bits per heavy atom. The van der Waals surface area contributed by atoms with Crippen molar-refractivity contribution in [2.75, 3.05) is 18.8 Å². The highest BCUT2D eigenvalue weighted by molar-refractivity contribution is 7.99. The van der Waals surface area contributed by atoms with E-state index in [-0.39, 0.29) is 34.9 Å². The van der Waals surface area contributed by atoms with Gasteiger partial charge < -0.3 is 10.1 Å². The molecule has 0 spiro atoms. The SMILES string of the molecule is CC1CN(S(=O)(=O)c2ccc(C(=O)NC3CCSc4ccc(F)cc43)cc2)CC(C)O1. The van der Waals surface area contributed by atoms with Gasteiger partial charge >= 0.3 is 0 Å². The Hall–Kier alpha value is -1.94. The number of nitrogens with zero attached hydrogens (tertiary/aromatic N) is 1. The molecule has 0 aliphatic carbocycles. The van der Waals surface area contributed by atoms with Crippen molar-refractivity contribution < 1.29 is 22.3 Å². The smallest absolute Gasteiger partial charge is 0.251 e. The van der Waals surface area contributed by atoms with E-state index in [4.69, 9.17) is 4.74 Å². The molecule has 3 unspecified atom stereocenters. The molecule has 31 heavy (non-hydrogen) atoms. The lowest BCUT2D eigenvalue weighted by Gasteiger charge is -2.34. The van der Waals surface area contributed by atoms with E-state index in [1.54, 1.807) is 17.8 Å². The summed E-state index contributed by atoms with van der Waals surface area (Å²) < 4.78 is 46.7. The average molecular weight is 465 g/mol.